The van der Waals surface area contributed by atoms with Gasteiger partial charge in [0.15, 0.2) is 5.82 Å². The zero-order chi connectivity index (χ0) is 18.8. The summed E-state index contributed by atoms with van der Waals surface area (Å²) in [6.07, 6.45) is 7.81. The molecule has 0 spiro atoms. The molecule has 6 nitrogen and oxygen atoms in total. The fourth-order valence-electron chi connectivity index (χ4n) is 3.50. The van der Waals surface area contributed by atoms with Gasteiger partial charge in [0, 0.05) is 49.2 Å². The van der Waals surface area contributed by atoms with E-state index in [0.29, 0.717) is 5.82 Å². The Bertz CT molecular complexity index is 1080. The summed E-state index contributed by atoms with van der Waals surface area (Å²) in [5, 5.41) is 0. The minimum Gasteiger partial charge on any atom is -0.460 e. The second kappa shape index (κ2) is 7.32. The van der Waals surface area contributed by atoms with Gasteiger partial charge in [-0.1, -0.05) is 30.3 Å². The maximum atomic E-state index is 6.05. The van der Waals surface area contributed by atoms with Crippen LogP contribution in [0.5, 0.6) is 0 Å². The Kier molecular flexibility index (Phi) is 4.39. The maximum Gasteiger partial charge on any atom is 0.162 e. The Labute approximate surface area is 162 Å². The highest BCUT2D eigenvalue weighted by atomic mass is 16.3. The van der Waals surface area contributed by atoms with Crippen molar-refractivity contribution in [3.05, 3.63) is 84.4 Å². The molecule has 0 saturated carbocycles. The number of hydrogen-bond donors (Lipinski definition) is 0. The molecule has 138 valence electrons. The van der Waals surface area contributed by atoms with Gasteiger partial charge in [0.1, 0.15) is 17.8 Å². The molecule has 1 aromatic carbocycles. The first kappa shape index (κ1) is 16.8. The topological polar surface area (TPSA) is 67.9 Å². The Morgan fingerprint density at radius 1 is 0.929 bits per heavy atom. The van der Waals surface area contributed by atoms with Crippen molar-refractivity contribution in [1.82, 2.24) is 24.8 Å². The molecular weight excluding hydrogens is 350 g/mol. The summed E-state index contributed by atoms with van der Waals surface area (Å²) in [6.45, 7) is 2.54. The van der Waals surface area contributed by atoms with E-state index in [0.717, 1.165) is 54.4 Å². The van der Waals surface area contributed by atoms with Gasteiger partial charge >= 0.3 is 0 Å². The van der Waals surface area contributed by atoms with Crippen LogP contribution in [0.2, 0.25) is 0 Å². The van der Waals surface area contributed by atoms with E-state index >= 15 is 0 Å². The van der Waals surface area contributed by atoms with E-state index in [1.807, 2.05) is 30.5 Å². The smallest absolute Gasteiger partial charge is 0.162 e. The monoisotopic (exact) mass is 369 g/mol. The lowest BCUT2D eigenvalue weighted by Gasteiger charge is -2.27. The van der Waals surface area contributed by atoms with Gasteiger partial charge in [0.05, 0.1) is 17.8 Å². The van der Waals surface area contributed by atoms with Crippen LogP contribution in [0, 0.1) is 0 Å². The van der Waals surface area contributed by atoms with E-state index in [-0.39, 0.29) is 0 Å². The Hall–Kier alpha value is -3.38. The van der Waals surface area contributed by atoms with Crippen molar-refractivity contribution in [2.24, 2.45) is 0 Å². The molecule has 0 unspecified atom stereocenters. The van der Waals surface area contributed by atoms with Crippen LogP contribution in [0.1, 0.15) is 17.0 Å². The number of nitrogens with zero attached hydrogens (tertiary/aromatic N) is 5. The molecule has 4 aromatic rings. The molecule has 1 aliphatic rings. The molecule has 28 heavy (non-hydrogen) atoms. The van der Waals surface area contributed by atoms with Crippen LogP contribution in [-0.4, -0.2) is 31.4 Å². The van der Waals surface area contributed by atoms with Crippen LogP contribution in [0.25, 0.3) is 22.7 Å². The highest BCUT2D eigenvalue weighted by molar-refractivity contribution is 5.57. The van der Waals surface area contributed by atoms with Gasteiger partial charge in [-0.3, -0.25) is 4.90 Å². The number of fused-ring (bicyclic) bond motifs is 1. The molecule has 5 rings (SSSR count). The van der Waals surface area contributed by atoms with Crippen LogP contribution in [0.15, 0.2) is 71.8 Å². The van der Waals surface area contributed by atoms with Gasteiger partial charge in [-0.15, -0.1) is 0 Å². The SMILES string of the molecule is c1ccc(-c2ccc(CN3CCc4nc(-c5cncnc5)ncc4C3)o2)cc1. The summed E-state index contributed by atoms with van der Waals surface area (Å²) < 4.78 is 6.05. The van der Waals surface area contributed by atoms with Gasteiger partial charge in [0.2, 0.25) is 0 Å². The molecule has 0 atom stereocenters. The quantitative estimate of drug-likeness (QED) is 0.546. The minimum absolute atomic E-state index is 0.686. The number of benzene rings is 1. The third kappa shape index (κ3) is 3.42. The van der Waals surface area contributed by atoms with E-state index < -0.39 is 0 Å². The average molecular weight is 369 g/mol. The van der Waals surface area contributed by atoms with Crippen molar-refractivity contribution in [2.75, 3.05) is 6.54 Å². The van der Waals surface area contributed by atoms with E-state index in [4.69, 9.17) is 9.40 Å². The zero-order valence-electron chi connectivity index (χ0n) is 15.3. The van der Waals surface area contributed by atoms with Crippen LogP contribution >= 0.6 is 0 Å². The fourth-order valence-corrected chi connectivity index (χ4v) is 3.50. The van der Waals surface area contributed by atoms with Crippen LogP contribution in [-0.2, 0) is 19.5 Å². The van der Waals surface area contributed by atoms with Gasteiger partial charge in [-0.2, -0.15) is 0 Å². The molecule has 0 aliphatic carbocycles. The zero-order valence-corrected chi connectivity index (χ0v) is 15.3. The molecule has 0 N–H and O–H groups in total. The molecule has 6 heteroatoms. The summed E-state index contributed by atoms with van der Waals surface area (Å²) in [5.74, 6) is 2.57. The molecule has 0 saturated heterocycles. The number of aromatic nitrogens is 4. The molecular formula is C22H19N5O. The second-order valence-corrected chi connectivity index (χ2v) is 6.89. The first-order valence-electron chi connectivity index (χ1n) is 9.32. The average Bonchev–Trinajstić information content (AvgIpc) is 3.23. The van der Waals surface area contributed by atoms with E-state index in [9.17, 15) is 0 Å². The van der Waals surface area contributed by atoms with Gasteiger partial charge in [-0.25, -0.2) is 19.9 Å². The second-order valence-electron chi connectivity index (χ2n) is 6.89. The fraction of sp³-hybridized carbons (Fsp3) is 0.182. The van der Waals surface area contributed by atoms with Gasteiger partial charge < -0.3 is 4.42 Å². The van der Waals surface area contributed by atoms with Crippen molar-refractivity contribution < 1.29 is 4.42 Å². The molecule has 4 heterocycles. The lowest BCUT2D eigenvalue weighted by Crippen LogP contribution is -2.30. The van der Waals surface area contributed by atoms with Gasteiger partial charge in [-0.05, 0) is 12.1 Å². The highest BCUT2D eigenvalue weighted by Gasteiger charge is 2.20. The summed E-state index contributed by atoms with van der Waals surface area (Å²) >= 11 is 0. The third-order valence-electron chi connectivity index (χ3n) is 4.93. The van der Waals surface area contributed by atoms with Crippen molar-refractivity contribution in [1.29, 1.82) is 0 Å². The maximum absolute atomic E-state index is 6.05. The van der Waals surface area contributed by atoms with E-state index in [2.05, 4.69) is 38.1 Å². The van der Waals surface area contributed by atoms with Gasteiger partial charge in [0.25, 0.3) is 0 Å². The molecule has 0 fully saturated rings. The molecule has 0 radical (unpaired) electrons. The first-order chi connectivity index (χ1) is 13.8. The molecule has 0 amide bonds. The molecule has 0 bridgehead atoms. The summed E-state index contributed by atoms with van der Waals surface area (Å²) in [6, 6.07) is 14.3. The minimum atomic E-state index is 0.686. The van der Waals surface area contributed by atoms with Crippen molar-refractivity contribution in [3.8, 4) is 22.7 Å². The predicted octanol–water partition coefficient (Wildman–Crippen LogP) is 3.75. The van der Waals surface area contributed by atoms with Crippen LogP contribution < -0.4 is 0 Å². The molecule has 3 aromatic heterocycles. The lowest BCUT2D eigenvalue weighted by molar-refractivity contribution is 0.224. The standard InChI is InChI=1S/C22H19N5O/c1-2-4-16(5-3-1)21-7-6-19(28-21)14-27-9-8-20-18(13-27)12-25-22(26-20)17-10-23-15-24-11-17/h1-7,10-12,15H,8-9,13-14H2. The first-order valence-corrected chi connectivity index (χ1v) is 9.32. The number of rotatable bonds is 4. The molecule has 1 aliphatic heterocycles. The van der Waals surface area contributed by atoms with Crippen molar-refractivity contribution in [3.63, 3.8) is 0 Å². The number of furan rings is 1. The van der Waals surface area contributed by atoms with Crippen molar-refractivity contribution >= 4 is 0 Å². The Balaban J connectivity index is 1.30. The largest absolute Gasteiger partial charge is 0.460 e. The van der Waals surface area contributed by atoms with Crippen LogP contribution in [0.3, 0.4) is 0 Å². The number of hydrogen-bond acceptors (Lipinski definition) is 6. The summed E-state index contributed by atoms with van der Waals surface area (Å²) in [4.78, 5) is 19.7. The normalized spacial score (nSPS) is 14.0. The predicted molar refractivity (Wildman–Crippen MR) is 105 cm³/mol. The van der Waals surface area contributed by atoms with E-state index in [1.165, 1.54) is 11.9 Å². The Morgan fingerprint density at radius 2 is 1.79 bits per heavy atom. The lowest BCUT2D eigenvalue weighted by atomic mass is 10.1. The summed E-state index contributed by atoms with van der Waals surface area (Å²) in [7, 11) is 0. The third-order valence-corrected chi connectivity index (χ3v) is 4.93. The van der Waals surface area contributed by atoms with Crippen molar-refractivity contribution in [2.45, 2.75) is 19.5 Å². The van der Waals surface area contributed by atoms with Crippen LogP contribution in [0.4, 0.5) is 0 Å². The highest BCUT2D eigenvalue weighted by Crippen LogP contribution is 2.25. The Morgan fingerprint density at radius 3 is 2.64 bits per heavy atom. The van der Waals surface area contributed by atoms with E-state index in [1.54, 1.807) is 12.4 Å². The summed E-state index contributed by atoms with van der Waals surface area (Å²) in [5.41, 5.74) is 4.22.